The summed E-state index contributed by atoms with van der Waals surface area (Å²) in [5, 5.41) is 0. The lowest BCUT2D eigenvalue weighted by atomic mass is 10.2. The Morgan fingerprint density at radius 1 is 1.40 bits per heavy atom. The van der Waals surface area contributed by atoms with Crippen LogP contribution in [0.2, 0.25) is 0 Å². The van der Waals surface area contributed by atoms with E-state index in [0.717, 1.165) is 0 Å². The van der Waals surface area contributed by atoms with E-state index in [4.69, 9.17) is 9.47 Å². The van der Waals surface area contributed by atoms with Crippen LogP contribution in [0, 0.1) is 5.82 Å². The van der Waals surface area contributed by atoms with Crippen LogP contribution in [-0.2, 0) is 4.74 Å². The second kappa shape index (κ2) is 6.47. The van der Waals surface area contributed by atoms with E-state index < -0.39 is 11.8 Å². The van der Waals surface area contributed by atoms with Gasteiger partial charge in [-0.3, -0.25) is 0 Å². The van der Waals surface area contributed by atoms with Crippen molar-refractivity contribution in [2.75, 3.05) is 6.61 Å². The molecule has 6 heteroatoms. The number of rotatable bonds is 4. The maximum atomic E-state index is 13.2. The number of halogens is 2. The van der Waals surface area contributed by atoms with Crippen molar-refractivity contribution in [3.63, 3.8) is 0 Å². The molecule has 0 radical (unpaired) electrons. The molecular weight excluding hydrogens is 329 g/mol. The predicted octanol–water partition coefficient (Wildman–Crippen LogP) is 3.95. The minimum atomic E-state index is -0.539. The summed E-state index contributed by atoms with van der Waals surface area (Å²) in [4.78, 5) is 15.8. The summed E-state index contributed by atoms with van der Waals surface area (Å²) in [7, 11) is 0. The number of hydrogen-bond acceptors (Lipinski definition) is 4. The number of carbonyl (C=O) groups excluding carboxylic acids is 1. The molecule has 0 saturated carbocycles. The lowest BCUT2D eigenvalue weighted by molar-refractivity contribution is 0.0522. The monoisotopic (exact) mass is 339 g/mol. The summed E-state index contributed by atoms with van der Waals surface area (Å²) >= 11 is 3.24. The van der Waals surface area contributed by atoms with Gasteiger partial charge in [-0.15, -0.1) is 0 Å². The number of carbonyl (C=O) groups is 1. The Labute approximate surface area is 123 Å². The molecule has 0 unspecified atom stereocenters. The summed E-state index contributed by atoms with van der Waals surface area (Å²) in [5.41, 5.74) is 0.186. The zero-order chi connectivity index (χ0) is 14.5. The first-order valence-corrected chi connectivity index (χ1v) is 6.66. The zero-order valence-corrected chi connectivity index (χ0v) is 12.2. The highest BCUT2D eigenvalue weighted by atomic mass is 79.9. The SMILES string of the molecule is CCOC(=O)c1cccnc1Oc1cc(F)ccc1Br. The molecule has 0 bridgehead atoms. The molecule has 1 aromatic heterocycles. The van der Waals surface area contributed by atoms with Gasteiger partial charge >= 0.3 is 5.97 Å². The number of aromatic nitrogens is 1. The minimum absolute atomic E-state index is 0.0669. The lowest BCUT2D eigenvalue weighted by Crippen LogP contribution is -2.07. The maximum Gasteiger partial charge on any atom is 0.343 e. The molecule has 0 atom stereocenters. The van der Waals surface area contributed by atoms with Crippen LogP contribution in [0.15, 0.2) is 41.0 Å². The van der Waals surface area contributed by atoms with Gasteiger partial charge < -0.3 is 9.47 Å². The van der Waals surface area contributed by atoms with E-state index in [9.17, 15) is 9.18 Å². The molecule has 20 heavy (non-hydrogen) atoms. The number of nitrogens with zero attached hydrogens (tertiary/aromatic N) is 1. The molecule has 104 valence electrons. The van der Waals surface area contributed by atoms with Crippen molar-refractivity contribution in [1.29, 1.82) is 0 Å². The number of hydrogen-bond donors (Lipinski definition) is 0. The number of esters is 1. The van der Waals surface area contributed by atoms with E-state index in [1.54, 1.807) is 13.0 Å². The second-order valence-corrected chi connectivity index (χ2v) is 4.61. The highest BCUT2D eigenvalue weighted by Crippen LogP contribution is 2.31. The molecule has 4 nitrogen and oxygen atoms in total. The molecule has 0 fully saturated rings. The van der Waals surface area contributed by atoms with Gasteiger partial charge in [0.15, 0.2) is 0 Å². The van der Waals surface area contributed by atoms with Crippen LogP contribution in [0.5, 0.6) is 11.6 Å². The zero-order valence-electron chi connectivity index (χ0n) is 10.6. The van der Waals surface area contributed by atoms with Gasteiger partial charge in [0.25, 0.3) is 0 Å². The fraction of sp³-hybridized carbons (Fsp3) is 0.143. The first kappa shape index (κ1) is 14.5. The van der Waals surface area contributed by atoms with E-state index in [2.05, 4.69) is 20.9 Å². The lowest BCUT2D eigenvalue weighted by Gasteiger charge is -2.10. The summed E-state index contributed by atoms with van der Waals surface area (Å²) in [6, 6.07) is 7.14. The van der Waals surface area contributed by atoms with E-state index in [-0.39, 0.29) is 23.8 Å². The molecule has 0 aliphatic carbocycles. The first-order valence-electron chi connectivity index (χ1n) is 5.87. The Bertz CT molecular complexity index is 634. The number of ether oxygens (including phenoxy) is 2. The average molecular weight is 340 g/mol. The van der Waals surface area contributed by atoms with Gasteiger partial charge in [-0.1, -0.05) is 0 Å². The summed E-state index contributed by atoms with van der Waals surface area (Å²) in [6.07, 6.45) is 1.48. The molecule has 0 spiro atoms. The molecule has 2 rings (SSSR count). The summed E-state index contributed by atoms with van der Waals surface area (Å²) < 4.78 is 24.2. The Balaban J connectivity index is 2.34. The fourth-order valence-corrected chi connectivity index (χ4v) is 1.82. The standard InChI is InChI=1S/C14H11BrFNO3/c1-2-19-14(18)10-4-3-7-17-13(10)20-12-8-9(16)5-6-11(12)15/h3-8H,2H2,1H3. The van der Waals surface area contributed by atoms with Crippen LogP contribution in [0.25, 0.3) is 0 Å². The maximum absolute atomic E-state index is 13.2. The molecule has 0 saturated heterocycles. The van der Waals surface area contributed by atoms with E-state index in [1.165, 1.54) is 30.5 Å². The molecule has 2 aromatic rings. The largest absolute Gasteiger partial charge is 0.462 e. The van der Waals surface area contributed by atoms with Gasteiger partial charge in [0.05, 0.1) is 11.1 Å². The van der Waals surface area contributed by atoms with Crippen molar-refractivity contribution in [1.82, 2.24) is 4.98 Å². The molecule has 0 amide bonds. The third kappa shape index (κ3) is 3.33. The summed E-state index contributed by atoms with van der Waals surface area (Å²) in [6.45, 7) is 1.95. The Kier molecular flexibility index (Phi) is 4.68. The Hall–Kier alpha value is -1.95. The number of benzene rings is 1. The van der Waals surface area contributed by atoms with Crippen LogP contribution in [0.4, 0.5) is 4.39 Å². The van der Waals surface area contributed by atoms with Crippen LogP contribution in [0.3, 0.4) is 0 Å². The third-order valence-corrected chi connectivity index (χ3v) is 3.02. The molecule has 1 aromatic carbocycles. The van der Waals surface area contributed by atoms with E-state index in [0.29, 0.717) is 4.47 Å². The third-order valence-electron chi connectivity index (χ3n) is 2.37. The van der Waals surface area contributed by atoms with E-state index in [1.807, 2.05) is 0 Å². The van der Waals surface area contributed by atoms with Gasteiger partial charge in [0.1, 0.15) is 17.1 Å². The molecular formula is C14H11BrFNO3. The molecule has 0 N–H and O–H groups in total. The van der Waals surface area contributed by atoms with Crippen molar-refractivity contribution in [2.45, 2.75) is 6.92 Å². The van der Waals surface area contributed by atoms with Gasteiger partial charge in [0, 0.05) is 12.3 Å². The van der Waals surface area contributed by atoms with Gasteiger partial charge in [-0.25, -0.2) is 14.2 Å². The number of pyridine rings is 1. The smallest absolute Gasteiger partial charge is 0.343 e. The Morgan fingerprint density at radius 3 is 2.95 bits per heavy atom. The Morgan fingerprint density at radius 2 is 2.20 bits per heavy atom. The van der Waals surface area contributed by atoms with Crippen LogP contribution < -0.4 is 4.74 Å². The summed E-state index contributed by atoms with van der Waals surface area (Å²) in [5.74, 6) is -0.688. The average Bonchev–Trinajstić information content (AvgIpc) is 2.44. The van der Waals surface area contributed by atoms with Crippen LogP contribution >= 0.6 is 15.9 Å². The highest BCUT2D eigenvalue weighted by Gasteiger charge is 2.16. The van der Waals surface area contributed by atoms with Gasteiger partial charge in [-0.2, -0.15) is 0 Å². The predicted molar refractivity (Wildman–Crippen MR) is 74.4 cm³/mol. The van der Waals surface area contributed by atoms with Crippen LogP contribution in [-0.4, -0.2) is 17.6 Å². The second-order valence-electron chi connectivity index (χ2n) is 3.75. The fourth-order valence-electron chi connectivity index (χ4n) is 1.50. The van der Waals surface area contributed by atoms with Crippen molar-refractivity contribution >= 4 is 21.9 Å². The first-order chi connectivity index (χ1) is 9.61. The normalized spacial score (nSPS) is 10.2. The van der Waals surface area contributed by atoms with Crippen molar-refractivity contribution in [3.05, 3.63) is 52.4 Å². The quantitative estimate of drug-likeness (QED) is 0.791. The van der Waals surface area contributed by atoms with Gasteiger partial charge in [-0.05, 0) is 47.1 Å². The van der Waals surface area contributed by atoms with Crippen LogP contribution in [0.1, 0.15) is 17.3 Å². The minimum Gasteiger partial charge on any atom is -0.462 e. The highest BCUT2D eigenvalue weighted by molar-refractivity contribution is 9.10. The molecule has 1 heterocycles. The topological polar surface area (TPSA) is 48.4 Å². The molecule has 0 aliphatic heterocycles. The van der Waals surface area contributed by atoms with Crippen molar-refractivity contribution < 1.29 is 18.7 Å². The van der Waals surface area contributed by atoms with Crippen molar-refractivity contribution in [2.24, 2.45) is 0 Å². The van der Waals surface area contributed by atoms with Gasteiger partial charge in [0.2, 0.25) is 5.88 Å². The van der Waals surface area contributed by atoms with Crippen molar-refractivity contribution in [3.8, 4) is 11.6 Å². The van der Waals surface area contributed by atoms with E-state index >= 15 is 0 Å². The molecule has 0 aliphatic rings.